The number of hydrogen-bond acceptors (Lipinski definition) is 5. The minimum atomic E-state index is -2.95. The molecule has 6 nitrogen and oxygen atoms in total. The van der Waals surface area contributed by atoms with Crippen LogP contribution >= 0.6 is 0 Å². The van der Waals surface area contributed by atoms with Crippen LogP contribution in [0.1, 0.15) is 25.7 Å². The van der Waals surface area contributed by atoms with E-state index in [4.69, 9.17) is 4.74 Å². The van der Waals surface area contributed by atoms with E-state index in [2.05, 4.69) is 4.90 Å². The Morgan fingerprint density at radius 2 is 1.95 bits per heavy atom. The summed E-state index contributed by atoms with van der Waals surface area (Å²) in [6, 6.07) is 0.388. The number of hydrogen-bond donors (Lipinski definition) is 0. The molecule has 1 amide bonds. The average Bonchev–Trinajstić information content (AvgIpc) is 3.08. The molecular formula is C15H26N2O4S. The summed E-state index contributed by atoms with van der Waals surface area (Å²) in [6.45, 7) is 2.96. The second-order valence-electron chi connectivity index (χ2n) is 6.95. The number of ether oxygens (including phenoxy) is 1. The fourth-order valence-corrected chi connectivity index (χ4v) is 5.19. The number of carbonyl (C=O) groups is 1. The molecule has 2 aliphatic heterocycles. The van der Waals surface area contributed by atoms with E-state index in [1.165, 1.54) is 12.8 Å². The molecule has 3 fully saturated rings. The van der Waals surface area contributed by atoms with Gasteiger partial charge in [-0.3, -0.25) is 9.69 Å². The van der Waals surface area contributed by atoms with Crippen LogP contribution in [0.25, 0.3) is 0 Å². The lowest BCUT2D eigenvalue weighted by atomic mass is 10.1. The Hall–Kier alpha value is -0.660. The quantitative estimate of drug-likeness (QED) is 0.693. The second kappa shape index (κ2) is 6.45. The zero-order valence-corrected chi connectivity index (χ0v) is 14.1. The zero-order chi connectivity index (χ0) is 15.7. The standard InChI is InChI=1S/C15H26N2O4S/c1-16(14-5-7-22(19,20)11-14)15(18)9-17(13-2-3-13)8-12-4-6-21-10-12/h12-14H,2-11H2,1H3/t12-,14-/m1/s1. The monoisotopic (exact) mass is 330 g/mol. The lowest BCUT2D eigenvalue weighted by Gasteiger charge is -2.29. The summed E-state index contributed by atoms with van der Waals surface area (Å²) in [5.41, 5.74) is 0. The van der Waals surface area contributed by atoms with E-state index >= 15 is 0 Å². The number of amides is 1. The molecule has 0 aromatic heterocycles. The first-order valence-electron chi connectivity index (χ1n) is 8.22. The van der Waals surface area contributed by atoms with E-state index in [0.29, 0.717) is 24.9 Å². The summed E-state index contributed by atoms with van der Waals surface area (Å²) in [6.07, 6.45) is 3.99. The first kappa shape index (κ1) is 16.2. The van der Waals surface area contributed by atoms with Gasteiger partial charge in [0, 0.05) is 32.3 Å². The molecule has 1 saturated carbocycles. The first-order chi connectivity index (χ1) is 10.4. The SMILES string of the molecule is CN(C(=O)CN(C[C@H]1CCOC1)C1CC1)[C@@H]1CCS(=O)(=O)C1. The maximum absolute atomic E-state index is 12.5. The highest BCUT2D eigenvalue weighted by atomic mass is 32.2. The molecule has 0 unspecified atom stereocenters. The molecule has 0 aromatic carbocycles. The summed E-state index contributed by atoms with van der Waals surface area (Å²) >= 11 is 0. The highest BCUT2D eigenvalue weighted by Gasteiger charge is 2.36. The fraction of sp³-hybridized carbons (Fsp3) is 0.933. The zero-order valence-electron chi connectivity index (χ0n) is 13.2. The average molecular weight is 330 g/mol. The Morgan fingerprint density at radius 1 is 1.18 bits per heavy atom. The van der Waals surface area contributed by atoms with Gasteiger partial charge in [0.2, 0.25) is 5.91 Å². The van der Waals surface area contributed by atoms with Gasteiger partial charge in [-0.15, -0.1) is 0 Å². The summed E-state index contributed by atoms with van der Waals surface area (Å²) in [7, 11) is -1.20. The van der Waals surface area contributed by atoms with Crippen LogP contribution in [0.2, 0.25) is 0 Å². The predicted octanol–water partition coefficient (Wildman–Crippen LogP) is 0.133. The van der Waals surface area contributed by atoms with Crippen LogP contribution in [0.3, 0.4) is 0 Å². The number of nitrogens with zero attached hydrogens (tertiary/aromatic N) is 2. The number of rotatable bonds is 6. The van der Waals surface area contributed by atoms with Gasteiger partial charge in [0.25, 0.3) is 0 Å². The third-order valence-corrected chi connectivity index (χ3v) is 6.82. The van der Waals surface area contributed by atoms with Crippen molar-refractivity contribution in [1.29, 1.82) is 0 Å². The summed E-state index contributed by atoms with van der Waals surface area (Å²) in [4.78, 5) is 16.5. The molecule has 7 heteroatoms. The van der Waals surface area contributed by atoms with Crippen molar-refractivity contribution in [1.82, 2.24) is 9.80 Å². The lowest BCUT2D eigenvalue weighted by molar-refractivity contribution is -0.133. The second-order valence-corrected chi connectivity index (χ2v) is 9.18. The Labute approximate surface area is 132 Å². The Balaban J connectivity index is 1.54. The van der Waals surface area contributed by atoms with Crippen molar-refractivity contribution in [3.8, 4) is 0 Å². The van der Waals surface area contributed by atoms with E-state index in [-0.39, 0.29) is 23.5 Å². The lowest BCUT2D eigenvalue weighted by Crippen LogP contribution is -2.45. The molecule has 1 aliphatic carbocycles. The van der Waals surface area contributed by atoms with Crippen molar-refractivity contribution < 1.29 is 17.9 Å². The van der Waals surface area contributed by atoms with Gasteiger partial charge in [0.15, 0.2) is 9.84 Å². The Kier molecular flexibility index (Phi) is 4.75. The summed E-state index contributed by atoms with van der Waals surface area (Å²) in [5, 5.41) is 0. The molecule has 0 spiro atoms. The molecular weight excluding hydrogens is 304 g/mol. The molecule has 0 aromatic rings. The van der Waals surface area contributed by atoms with Crippen LogP contribution < -0.4 is 0 Å². The molecule has 126 valence electrons. The molecule has 2 atom stereocenters. The van der Waals surface area contributed by atoms with Gasteiger partial charge in [-0.2, -0.15) is 0 Å². The van der Waals surface area contributed by atoms with E-state index < -0.39 is 9.84 Å². The topological polar surface area (TPSA) is 66.9 Å². The van der Waals surface area contributed by atoms with Gasteiger partial charge in [-0.05, 0) is 31.6 Å². The first-order valence-corrected chi connectivity index (χ1v) is 10.0. The van der Waals surface area contributed by atoms with Crippen LogP contribution in [0.15, 0.2) is 0 Å². The highest BCUT2D eigenvalue weighted by molar-refractivity contribution is 7.91. The smallest absolute Gasteiger partial charge is 0.236 e. The molecule has 0 radical (unpaired) electrons. The normalized spacial score (nSPS) is 30.8. The van der Waals surface area contributed by atoms with E-state index in [1.54, 1.807) is 11.9 Å². The third kappa shape index (κ3) is 4.00. The molecule has 0 N–H and O–H groups in total. The van der Waals surface area contributed by atoms with Crippen LogP contribution in [-0.4, -0.2) is 81.1 Å². The van der Waals surface area contributed by atoms with Crippen molar-refractivity contribution in [2.24, 2.45) is 5.92 Å². The van der Waals surface area contributed by atoms with E-state index in [1.807, 2.05) is 0 Å². The molecule has 2 heterocycles. The predicted molar refractivity (Wildman–Crippen MR) is 83.3 cm³/mol. The van der Waals surface area contributed by atoms with Gasteiger partial charge >= 0.3 is 0 Å². The highest BCUT2D eigenvalue weighted by Crippen LogP contribution is 2.29. The van der Waals surface area contributed by atoms with E-state index in [9.17, 15) is 13.2 Å². The van der Waals surface area contributed by atoms with Crippen LogP contribution in [0, 0.1) is 5.92 Å². The maximum Gasteiger partial charge on any atom is 0.236 e. The molecule has 3 aliphatic rings. The van der Waals surface area contributed by atoms with Gasteiger partial charge in [0.05, 0.1) is 24.7 Å². The summed E-state index contributed by atoms with van der Waals surface area (Å²) < 4.78 is 28.6. The van der Waals surface area contributed by atoms with Gasteiger partial charge < -0.3 is 9.64 Å². The number of likely N-dealkylation sites (N-methyl/N-ethyl adjacent to an activating group) is 1. The van der Waals surface area contributed by atoms with Gasteiger partial charge in [-0.25, -0.2) is 8.42 Å². The van der Waals surface area contributed by atoms with Crippen molar-refractivity contribution in [2.75, 3.05) is 44.9 Å². The van der Waals surface area contributed by atoms with Crippen molar-refractivity contribution >= 4 is 15.7 Å². The number of sulfone groups is 1. The number of carbonyl (C=O) groups excluding carboxylic acids is 1. The largest absolute Gasteiger partial charge is 0.381 e. The van der Waals surface area contributed by atoms with Gasteiger partial charge in [-0.1, -0.05) is 0 Å². The van der Waals surface area contributed by atoms with Crippen LogP contribution in [0.5, 0.6) is 0 Å². The van der Waals surface area contributed by atoms with Gasteiger partial charge in [0.1, 0.15) is 0 Å². The van der Waals surface area contributed by atoms with Crippen LogP contribution in [0.4, 0.5) is 0 Å². The van der Waals surface area contributed by atoms with E-state index in [0.717, 1.165) is 26.2 Å². The molecule has 22 heavy (non-hydrogen) atoms. The van der Waals surface area contributed by atoms with Crippen molar-refractivity contribution in [3.05, 3.63) is 0 Å². The van der Waals surface area contributed by atoms with Crippen LogP contribution in [-0.2, 0) is 19.4 Å². The van der Waals surface area contributed by atoms with Crippen molar-refractivity contribution in [3.63, 3.8) is 0 Å². The Morgan fingerprint density at radius 3 is 2.50 bits per heavy atom. The molecule has 2 saturated heterocycles. The minimum absolute atomic E-state index is 0.0490. The fourth-order valence-electron chi connectivity index (χ4n) is 3.41. The minimum Gasteiger partial charge on any atom is -0.381 e. The summed E-state index contributed by atoms with van der Waals surface area (Å²) in [5.74, 6) is 0.911. The molecule has 0 bridgehead atoms. The third-order valence-electron chi connectivity index (χ3n) is 5.07. The van der Waals surface area contributed by atoms with Crippen molar-refractivity contribution in [2.45, 2.75) is 37.8 Å². The maximum atomic E-state index is 12.5. The molecule has 3 rings (SSSR count). The Bertz CT molecular complexity index is 512.